The maximum atomic E-state index is 6.64. The van der Waals surface area contributed by atoms with Gasteiger partial charge in [-0.2, -0.15) is 0 Å². The Morgan fingerprint density at radius 1 is 0.975 bits per heavy atom. The summed E-state index contributed by atoms with van der Waals surface area (Å²) in [5.74, 6) is 1.04. The number of piperidine rings is 1. The van der Waals surface area contributed by atoms with Crippen LogP contribution in [0.3, 0.4) is 0 Å². The molecular weight excluding hydrogens is 565 g/mol. The van der Waals surface area contributed by atoms with E-state index < -0.39 is 0 Å². The van der Waals surface area contributed by atoms with Crippen LogP contribution in [0.2, 0.25) is 10.0 Å². The Bertz CT molecular complexity index is 1540. The molecular formula is C30H31Cl2N5O2S. The van der Waals surface area contributed by atoms with Gasteiger partial charge in [0.2, 0.25) is 0 Å². The van der Waals surface area contributed by atoms with Crippen molar-refractivity contribution in [3.05, 3.63) is 57.7 Å². The Kier molecular flexibility index (Phi) is 6.52. The summed E-state index contributed by atoms with van der Waals surface area (Å²) in [6, 6.07) is 13.1. The monoisotopic (exact) mass is 595 g/mol. The Hall–Kier alpha value is -2.23. The van der Waals surface area contributed by atoms with Crippen LogP contribution in [0.1, 0.15) is 61.7 Å². The molecule has 0 N–H and O–H groups in total. The lowest BCUT2D eigenvalue weighted by molar-refractivity contribution is 0.00958. The Labute approximate surface area is 247 Å². The van der Waals surface area contributed by atoms with Crippen LogP contribution in [-0.2, 0) is 16.1 Å². The van der Waals surface area contributed by atoms with Gasteiger partial charge in [-0.05, 0) is 68.2 Å². The van der Waals surface area contributed by atoms with Gasteiger partial charge in [0.15, 0.2) is 5.13 Å². The van der Waals surface area contributed by atoms with Crippen molar-refractivity contribution < 1.29 is 9.47 Å². The molecule has 4 fully saturated rings. The van der Waals surface area contributed by atoms with E-state index in [0.29, 0.717) is 40.6 Å². The second-order valence-corrected chi connectivity index (χ2v) is 13.4. The second-order valence-electron chi connectivity index (χ2n) is 11.6. The fourth-order valence-electron chi connectivity index (χ4n) is 6.93. The van der Waals surface area contributed by atoms with Crippen molar-refractivity contribution in [2.45, 2.75) is 69.2 Å². The molecule has 2 bridgehead atoms. The molecule has 208 valence electrons. The summed E-state index contributed by atoms with van der Waals surface area (Å²) < 4.78 is 15.6. The number of fused-ring (bicyclic) bond motifs is 3. The zero-order valence-corrected chi connectivity index (χ0v) is 24.5. The quantitative estimate of drug-likeness (QED) is 0.224. The third-order valence-electron chi connectivity index (χ3n) is 9.14. The number of anilines is 1. The average molecular weight is 597 g/mol. The van der Waals surface area contributed by atoms with E-state index in [2.05, 4.69) is 33.4 Å². The summed E-state index contributed by atoms with van der Waals surface area (Å²) in [6.45, 7) is 3.15. The highest BCUT2D eigenvalue weighted by atomic mass is 35.5. The lowest BCUT2D eigenvalue weighted by atomic mass is 9.91. The first kappa shape index (κ1) is 25.5. The standard InChI is InChI=1S/C30H31Cl2N5O2S/c31-22-4-2-5-23(32)27(22)29-24(37(35-34-29)19-7-8-19)16-39-25-14-20-13-18(25)15-36(20)30-33-28-21(3-1-6-26(28)40-30)17-9-11-38-12-10-17/h1-6,17-20,25H,7-16H2/t18-,20-,25+/m0/s1. The number of para-hydroxylation sites is 1. The molecule has 0 unspecified atom stereocenters. The number of halogens is 2. The van der Waals surface area contributed by atoms with E-state index in [-0.39, 0.29) is 6.10 Å². The topological polar surface area (TPSA) is 65.3 Å². The van der Waals surface area contributed by atoms with Gasteiger partial charge in [-0.15, -0.1) is 5.10 Å². The minimum atomic E-state index is 0.213. The smallest absolute Gasteiger partial charge is 0.186 e. The third kappa shape index (κ3) is 4.43. The number of hydrogen-bond acceptors (Lipinski definition) is 7. The molecule has 4 heterocycles. The predicted molar refractivity (Wildman–Crippen MR) is 159 cm³/mol. The summed E-state index contributed by atoms with van der Waals surface area (Å²) in [6.07, 6.45) is 6.78. The second kappa shape index (κ2) is 10.2. The van der Waals surface area contributed by atoms with Crippen molar-refractivity contribution in [2.24, 2.45) is 5.92 Å². The predicted octanol–water partition coefficient (Wildman–Crippen LogP) is 7.27. The Morgan fingerprint density at radius 2 is 1.77 bits per heavy atom. The molecule has 3 atom stereocenters. The van der Waals surface area contributed by atoms with Crippen LogP contribution in [0.25, 0.3) is 21.5 Å². The van der Waals surface area contributed by atoms with Gasteiger partial charge in [-0.3, -0.25) is 0 Å². The van der Waals surface area contributed by atoms with E-state index >= 15 is 0 Å². The first-order valence-electron chi connectivity index (χ1n) is 14.4. The SMILES string of the molecule is Clc1cccc(Cl)c1-c1nnn(C2CC2)c1CO[C@@H]1C[C@@H]2C[C@H]1CN2c1nc2c(C3CCOCC3)cccc2s1. The average Bonchev–Trinajstić information content (AvgIpc) is 3.29. The molecule has 4 aliphatic rings. The number of benzene rings is 2. The molecule has 40 heavy (non-hydrogen) atoms. The third-order valence-corrected chi connectivity index (χ3v) is 10.8. The molecule has 4 aromatic rings. The molecule has 2 aromatic heterocycles. The number of ether oxygens (including phenoxy) is 2. The first-order chi connectivity index (χ1) is 19.6. The van der Waals surface area contributed by atoms with Gasteiger partial charge < -0.3 is 14.4 Å². The lowest BCUT2D eigenvalue weighted by Gasteiger charge is -2.31. The first-order valence-corrected chi connectivity index (χ1v) is 15.9. The van der Waals surface area contributed by atoms with Crippen molar-refractivity contribution in [2.75, 3.05) is 24.7 Å². The van der Waals surface area contributed by atoms with Crippen LogP contribution in [-0.4, -0.2) is 51.9 Å². The molecule has 0 spiro atoms. The molecule has 0 radical (unpaired) electrons. The minimum Gasteiger partial charge on any atom is -0.381 e. The number of hydrogen-bond donors (Lipinski definition) is 0. The van der Waals surface area contributed by atoms with E-state index in [9.17, 15) is 0 Å². The Balaban J connectivity index is 0.994. The van der Waals surface area contributed by atoms with Gasteiger partial charge in [0.1, 0.15) is 5.69 Å². The zero-order valence-electron chi connectivity index (χ0n) is 22.1. The van der Waals surface area contributed by atoms with Crippen LogP contribution in [0, 0.1) is 5.92 Å². The van der Waals surface area contributed by atoms with E-state index in [0.717, 1.165) is 80.4 Å². The maximum Gasteiger partial charge on any atom is 0.186 e. The highest BCUT2D eigenvalue weighted by molar-refractivity contribution is 7.22. The van der Waals surface area contributed by atoms with Gasteiger partial charge in [0.25, 0.3) is 0 Å². The van der Waals surface area contributed by atoms with Gasteiger partial charge in [0, 0.05) is 37.3 Å². The molecule has 2 saturated heterocycles. The summed E-state index contributed by atoms with van der Waals surface area (Å²) in [5.41, 5.74) is 5.04. The normalized spacial score (nSPS) is 24.9. The van der Waals surface area contributed by atoms with Crippen molar-refractivity contribution in [3.8, 4) is 11.3 Å². The van der Waals surface area contributed by atoms with Gasteiger partial charge in [0.05, 0.1) is 44.7 Å². The van der Waals surface area contributed by atoms with Crippen LogP contribution in [0.15, 0.2) is 36.4 Å². The minimum absolute atomic E-state index is 0.213. The van der Waals surface area contributed by atoms with Crippen molar-refractivity contribution in [1.29, 1.82) is 0 Å². The van der Waals surface area contributed by atoms with E-state index in [1.54, 1.807) is 0 Å². The summed E-state index contributed by atoms with van der Waals surface area (Å²) in [7, 11) is 0. The lowest BCUT2D eigenvalue weighted by Crippen LogP contribution is -2.38. The van der Waals surface area contributed by atoms with Crippen LogP contribution >= 0.6 is 34.5 Å². The fraction of sp³-hybridized carbons (Fsp3) is 0.500. The van der Waals surface area contributed by atoms with Crippen LogP contribution < -0.4 is 4.90 Å². The molecule has 10 heteroatoms. The van der Waals surface area contributed by atoms with E-state index in [4.69, 9.17) is 37.7 Å². The molecule has 2 aliphatic heterocycles. The maximum absolute atomic E-state index is 6.64. The summed E-state index contributed by atoms with van der Waals surface area (Å²) >= 11 is 15.0. The molecule has 2 aliphatic carbocycles. The molecule has 2 aromatic carbocycles. The summed E-state index contributed by atoms with van der Waals surface area (Å²) in [4.78, 5) is 7.75. The fourth-order valence-corrected chi connectivity index (χ4v) is 8.59. The van der Waals surface area contributed by atoms with Crippen molar-refractivity contribution in [1.82, 2.24) is 20.0 Å². The highest BCUT2D eigenvalue weighted by Crippen LogP contribution is 2.46. The van der Waals surface area contributed by atoms with Crippen LogP contribution in [0.4, 0.5) is 5.13 Å². The van der Waals surface area contributed by atoms with E-state index in [1.807, 2.05) is 34.2 Å². The van der Waals surface area contributed by atoms with Gasteiger partial charge >= 0.3 is 0 Å². The Morgan fingerprint density at radius 3 is 2.52 bits per heavy atom. The number of thiazole rings is 1. The zero-order chi connectivity index (χ0) is 26.8. The molecule has 7 nitrogen and oxygen atoms in total. The van der Waals surface area contributed by atoms with Crippen molar-refractivity contribution >= 4 is 49.9 Å². The van der Waals surface area contributed by atoms with Gasteiger partial charge in [-0.1, -0.05) is 58.0 Å². The number of aromatic nitrogens is 4. The van der Waals surface area contributed by atoms with Crippen LogP contribution in [0.5, 0.6) is 0 Å². The largest absolute Gasteiger partial charge is 0.381 e. The molecule has 8 rings (SSSR count). The van der Waals surface area contributed by atoms with Crippen molar-refractivity contribution in [3.63, 3.8) is 0 Å². The van der Waals surface area contributed by atoms with E-state index in [1.165, 1.54) is 15.8 Å². The highest BCUT2D eigenvalue weighted by Gasteiger charge is 2.46. The van der Waals surface area contributed by atoms with Gasteiger partial charge in [-0.25, -0.2) is 9.67 Å². The molecule has 0 amide bonds. The number of rotatable bonds is 7. The number of nitrogens with zero attached hydrogens (tertiary/aromatic N) is 5. The summed E-state index contributed by atoms with van der Waals surface area (Å²) in [5, 5.41) is 11.3. The molecule has 2 saturated carbocycles.